The molecule has 1 aliphatic rings. The smallest absolute Gasteiger partial charge is 0.335 e. The van der Waals surface area contributed by atoms with E-state index in [2.05, 4.69) is 0 Å². The fourth-order valence-electron chi connectivity index (χ4n) is 4.72. The molecule has 0 spiro atoms. The first kappa shape index (κ1) is 21.2. The molecule has 31 heavy (non-hydrogen) atoms. The molecule has 164 valence electrons. The molecule has 1 saturated carbocycles. The van der Waals surface area contributed by atoms with Gasteiger partial charge < -0.3 is 24.1 Å². The number of aliphatic hydroxyl groups excluding tert-OH is 1. The van der Waals surface area contributed by atoms with E-state index < -0.39 is 5.97 Å². The number of rotatable bonds is 7. The molecule has 2 aromatic heterocycles. The van der Waals surface area contributed by atoms with Gasteiger partial charge in [0.1, 0.15) is 6.54 Å². The Kier molecular flexibility index (Phi) is 6.13. The van der Waals surface area contributed by atoms with Crippen LogP contribution in [0.3, 0.4) is 0 Å². The number of carboxylic acid groups (broad SMARTS) is 1. The molecule has 3 aromatic rings. The van der Waals surface area contributed by atoms with Crippen molar-refractivity contribution in [3.63, 3.8) is 0 Å². The summed E-state index contributed by atoms with van der Waals surface area (Å²) in [4.78, 5) is 26.1. The lowest BCUT2D eigenvalue weighted by atomic mass is 9.82. The predicted octanol–water partition coefficient (Wildman–Crippen LogP) is 4.10. The van der Waals surface area contributed by atoms with Crippen LogP contribution in [0.15, 0.2) is 41.2 Å². The van der Waals surface area contributed by atoms with Gasteiger partial charge in [0.05, 0.1) is 35.9 Å². The Labute approximate surface area is 180 Å². The van der Waals surface area contributed by atoms with Gasteiger partial charge in [0.2, 0.25) is 5.91 Å². The highest BCUT2D eigenvalue weighted by atomic mass is 16.4. The summed E-state index contributed by atoms with van der Waals surface area (Å²) < 4.78 is 7.30. The molecule has 1 aromatic carbocycles. The number of benzene rings is 1. The quantitative estimate of drug-likeness (QED) is 0.595. The maximum absolute atomic E-state index is 12.9. The van der Waals surface area contributed by atoms with Crippen LogP contribution in [0, 0.1) is 0 Å². The zero-order chi connectivity index (χ0) is 22.0. The molecule has 1 fully saturated rings. The maximum atomic E-state index is 12.9. The standard InChI is InChI=1S/C24H28N2O5/c1-25(10-11-27)21(28)14-26-20-13-17(24(29)30)7-8-19(20)22(16-5-3-2-4-6-16)23(26)18-9-12-31-15-18/h7-9,12-13,15-16,27H,2-6,10-11,14H2,1H3,(H,29,30). The van der Waals surface area contributed by atoms with Gasteiger partial charge in [-0.25, -0.2) is 4.79 Å². The van der Waals surface area contributed by atoms with Gasteiger partial charge in [0, 0.05) is 24.5 Å². The van der Waals surface area contributed by atoms with E-state index in [1.807, 2.05) is 16.7 Å². The molecule has 0 atom stereocenters. The highest BCUT2D eigenvalue weighted by molar-refractivity contribution is 5.99. The Bertz CT molecular complexity index is 1080. The Balaban J connectivity index is 1.95. The first-order valence-electron chi connectivity index (χ1n) is 10.8. The van der Waals surface area contributed by atoms with Crippen molar-refractivity contribution in [2.75, 3.05) is 20.2 Å². The molecule has 2 heterocycles. The van der Waals surface area contributed by atoms with E-state index in [0.29, 0.717) is 5.92 Å². The predicted molar refractivity (Wildman–Crippen MR) is 117 cm³/mol. The van der Waals surface area contributed by atoms with Crippen LogP contribution in [0.25, 0.3) is 22.2 Å². The Morgan fingerprint density at radius 1 is 1.19 bits per heavy atom. The molecule has 1 aliphatic carbocycles. The summed E-state index contributed by atoms with van der Waals surface area (Å²) in [7, 11) is 1.66. The molecule has 0 bridgehead atoms. The number of aromatic nitrogens is 1. The number of likely N-dealkylation sites (N-methyl/N-ethyl adjacent to an activating group) is 1. The number of hydrogen-bond donors (Lipinski definition) is 2. The zero-order valence-electron chi connectivity index (χ0n) is 17.7. The SMILES string of the molecule is CN(CCO)C(=O)Cn1c(-c2ccoc2)c(C2CCCCC2)c2ccc(C(=O)O)cc21. The summed E-state index contributed by atoms with van der Waals surface area (Å²) in [6.07, 6.45) is 8.98. The molecule has 0 radical (unpaired) electrons. The first-order valence-corrected chi connectivity index (χ1v) is 10.8. The number of furan rings is 1. The van der Waals surface area contributed by atoms with E-state index in [0.717, 1.165) is 47.8 Å². The average molecular weight is 424 g/mol. The van der Waals surface area contributed by atoms with E-state index in [4.69, 9.17) is 4.42 Å². The van der Waals surface area contributed by atoms with Gasteiger partial charge in [-0.3, -0.25) is 4.79 Å². The first-order chi connectivity index (χ1) is 15.0. The topological polar surface area (TPSA) is 95.9 Å². The van der Waals surface area contributed by atoms with E-state index in [1.54, 1.807) is 31.7 Å². The summed E-state index contributed by atoms with van der Waals surface area (Å²) in [6.45, 7) is 0.192. The molecule has 0 saturated heterocycles. The molecule has 0 unspecified atom stereocenters. The number of aliphatic hydroxyl groups is 1. The number of amides is 1. The van der Waals surface area contributed by atoms with E-state index >= 15 is 0 Å². The zero-order valence-corrected chi connectivity index (χ0v) is 17.7. The van der Waals surface area contributed by atoms with Crippen molar-refractivity contribution in [3.05, 3.63) is 47.9 Å². The Hall–Kier alpha value is -3.06. The van der Waals surface area contributed by atoms with Crippen molar-refractivity contribution >= 4 is 22.8 Å². The third kappa shape index (κ3) is 4.10. The fraction of sp³-hybridized carbons (Fsp3) is 0.417. The second-order valence-corrected chi connectivity index (χ2v) is 8.27. The number of aromatic carboxylic acids is 1. The lowest BCUT2D eigenvalue weighted by Gasteiger charge is -2.23. The molecule has 4 rings (SSSR count). The number of nitrogens with zero attached hydrogens (tertiary/aromatic N) is 2. The summed E-state index contributed by atoms with van der Waals surface area (Å²) in [5.74, 6) is -0.794. The molecule has 7 heteroatoms. The van der Waals surface area contributed by atoms with Crippen molar-refractivity contribution in [1.82, 2.24) is 9.47 Å². The third-order valence-corrected chi connectivity index (χ3v) is 6.31. The van der Waals surface area contributed by atoms with Gasteiger partial charge in [0.15, 0.2) is 0 Å². The monoisotopic (exact) mass is 424 g/mol. The minimum Gasteiger partial charge on any atom is -0.478 e. The van der Waals surface area contributed by atoms with Gasteiger partial charge >= 0.3 is 5.97 Å². The largest absolute Gasteiger partial charge is 0.478 e. The number of carboxylic acids is 1. The van der Waals surface area contributed by atoms with Gasteiger partial charge in [0.25, 0.3) is 0 Å². The normalized spacial score (nSPS) is 14.8. The number of carbonyl (C=O) groups excluding carboxylic acids is 1. The molecule has 0 aliphatic heterocycles. The highest BCUT2D eigenvalue weighted by Crippen LogP contribution is 2.44. The van der Waals surface area contributed by atoms with Crippen LogP contribution in [0.4, 0.5) is 0 Å². The molecule has 2 N–H and O–H groups in total. The molecular formula is C24H28N2O5. The minimum atomic E-state index is -0.998. The van der Waals surface area contributed by atoms with Crippen molar-refractivity contribution in [2.45, 2.75) is 44.6 Å². The fourth-order valence-corrected chi connectivity index (χ4v) is 4.72. The van der Waals surface area contributed by atoms with Gasteiger partial charge in [-0.15, -0.1) is 0 Å². The van der Waals surface area contributed by atoms with Gasteiger partial charge in [-0.05, 0) is 42.5 Å². The Morgan fingerprint density at radius 2 is 1.97 bits per heavy atom. The molecular weight excluding hydrogens is 396 g/mol. The maximum Gasteiger partial charge on any atom is 0.335 e. The summed E-state index contributed by atoms with van der Waals surface area (Å²) in [5, 5.41) is 19.8. The minimum absolute atomic E-state index is 0.0588. The van der Waals surface area contributed by atoms with E-state index in [9.17, 15) is 19.8 Å². The number of carbonyl (C=O) groups is 2. The number of fused-ring (bicyclic) bond motifs is 1. The number of hydrogen-bond acceptors (Lipinski definition) is 4. The van der Waals surface area contributed by atoms with Crippen LogP contribution < -0.4 is 0 Å². The summed E-state index contributed by atoms with van der Waals surface area (Å²) in [5.41, 5.74) is 3.90. The van der Waals surface area contributed by atoms with Crippen molar-refractivity contribution in [1.29, 1.82) is 0 Å². The highest BCUT2D eigenvalue weighted by Gasteiger charge is 2.28. The van der Waals surface area contributed by atoms with Crippen LogP contribution in [-0.2, 0) is 11.3 Å². The van der Waals surface area contributed by atoms with Crippen LogP contribution in [-0.4, -0.2) is 51.8 Å². The average Bonchev–Trinajstić information content (AvgIpc) is 3.40. The van der Waals surface area contributed by atoms with Gasteiger partial charge in [-0.1, -0.05) is 25.3 Å². The van der Waals surface area contributed by atoms with Crippen molar-refractivity contribution in [2.24, 2.45) is 0 Å². The third-order valence-electron chi connectivity index (χ3n) is 6.31. The summed E-state index contributed by atoms with van der Waals surface area (Å²) >= 11 is 0. The van der Waals surface area contributed by atoms with E-state index in [-0.39, 0.29) is 31.2 Å². The van der Waals surface area contributed by atoms with Gasteiger partial charge in [-0.2, -0.15) is 0 Å². The summed E-state index contributed by atoms with van der Waals surface area (Å²) in [6, 6.07) is 7.06. The van der Waals surface area contributed by atoms with Crippen molar-refractivity contribution < 1.29 is 24.2 Å². The Morgan fingerprint density at radius 3 is 2.61 bits per heavy atom. The van der Waals surface area contributed by atoms with Crippen LogP contribution in [0.5, 0.6) is 0 Å². The molecule has 1 amide bonds. The lowest BCUT2D eigenvalue weighted by molar-refractivity contribution is -0.130. The van der Waals surface area contributed by atoms with Crippen LogP contribution >= 0.6 is 0 Å². The second-order valence-electron chi connectivity index (χ2n) is 8.27. The second kappa shape index (κ2) is 8.98. The van der Waals surface area contributed by atoms with E-state index in [1.165, 1.54) is 16.9 Å². The lowest BCUT2D eigenvalue weighted by Crippen LogP contribution is -2.32. The van der Waals surface area contributed by atoms with Crippen LogP contribution in [0.2, 0.25) is 0 Å². The van der Waals surface area contributed by atoms with Crippen molar-refractivity contribution in [3.8, 4) is 11.3 Å². The molecule has 7 nitrogen and oxygen atoms in total. The van der Waals surface area contributed by atoms with Crippen LogP contribution in [0.1, 0.15) is 53.9 Å².